The summed E-state index contributed by atoms with van der Waals surface area (Å²) in [6.07, 6.45) is 0.770. The molecular weight excluding hydrogens is 394 g/mol. The van der Waals surface area contributed by atoms with E-state index >= 15 is 0 Å². The lowest BCUT2D eigenvalue weighted by Crippen LogP contribution is -2.50. The van der Waals surface area contributed by atoms with Crippen molar-refractivity contribution in [2.45, 2.75) is 20.3 Å². The Morgan fingerprint density at radius 2 is 1.89 bits per heavy atom. The summed E-state index contributed by atoms with van der Waals surface area (Å²) in [5, 5.41) is 14.1. The third-order valence-corrected chi connectivity index (χ3v) is 6.38. The van der Waals surface area contributed by atoms with Gasteiger partial charge in [0.15, 0.2) is 5.11 Å². The number of nitrogens with one attached hydrogen (secondary N) is 1. The number of rotatable bonds is 4. The number of nitrogens with zero attached hydrogens (tertiary/aromatic N) is 2. The monoisotopic (exact) mass is 419 g/mol. The van der Waals surface area contributed by atoms with Crippen molar-refractivity contribution >= 4 is 45.3 Å². The Balaban J connectivity index is 1.66. The number of carbonyl (C=O) groups excluding carboxylic acids is 1. The second-order valence-corrected chi connectivity index (χ2v) is 8.22. The van der Waals surface area contributed by atoms with E-state index in [0.717, 1.165) is 53.7 Å². The van der Waals surface area contributed by atoms with Gasteiger partial charge in [0.1, 0.15) is 10.8 Å². The fraction of sp³-hybridized carbons (Fsp3) is 0.400. The number of benzene rings is 1. The molecule has 28 heavy (non-hydrogen) atoms. The van der Waals surface area contributed by atoms with Gasteiger partial charge in [0.05, 0.1) is 12.7 Å². The molecule has 2 aromatic rings. The molecular formula is C20H25N3O3S2. The molecule has 2 heterocycles. The SMILES string of the molecule is CCc1c(C)sc(NC(=S)N2CCN(c3ccc(O)cc3)CC2)c1C(=O)OC. The van der Waals surface area contributed by atoms with Crippen LogP contribution in [-0.4, -0.2) is 54.4 Å². The van der Waals surface area contributed by atoms with Gasteiger partial charge in [0.25, 0.3) is 0 Å². The van der Waals surface area contributed by atoms with Crippen LogP contribution in [-0.2, 0) is 11.2 Å². The van der Waals surface area contributed by atoms with Crippen molar-refractivity contribution in [3.05, 3.63) is 40.3 Å². The maximum atomic E-state index is 12.3. The fourth-order valence-corrected chi connectivity index (χ4v) is 4.90. The van der Waals surface area contributed by atoms with Crippen molar-refractivity contribution in [2.75, 3.05) is 43.5 Å². The lowest BCUT2D eigenvalue weighted by molar-refractivity contribution is 0.0601. The quantitative estimate of drug-likeness (QED) is 0.579. The van der Waals surface area contributed by atoms with Crippen LogP contribution in [0.3, 0.4) is 0 Å². The molecule has 1 aromatic carbocycles. The predicted molar refractivity (Wildman–Crippen MR) is 118 cm³/mol. The highest BCUT2D eigenvalue weighted by molar-refractivity contribution is 7.80. The molecule has 0 amide bonds. The van der Waals surface area contributed by atoms with E-state index in [2.05, 4.69) is 15.1 Å². The van der Waals surface area contributed by atoms with Gasteiger partial charge < -0.3 is 25.0 Å². The number of phenolic OH excluding ortho intramolecular Hbond substituents is 1. The topological polar surface area (TPSA) is 65.0 Å². The maximum absolute atomic E-state index is 12.3. The normalized spacial score (nSPS) is 14.1. The zero-order chi connectivity index (χ0) is 20.3. The molecule has 150 valence electrons. The predicted octanol–water partition coefficient (Wildman–Crippen LogP) is 3.63. The number of ether oxygens (including phenoxy) is 1. The highest BCUT2D eigenvalue weighted by Gasteiger charge is 2.25. The summed E-state index contributed by atoms with van der Waals surface area (Å²) < 4.78 is 4.98. The first-order valence-electron chi connectivity index (χ1n) is 9.25. The van der Waals surface area contributed by atoms with Gasteiger partial charge in [0.2, 0.25) is 0 Å². The number of thiophene rings is 1. The van der Waals surface area contributed by atoms with Gasteiger partial charge in [-0.3, -0.25) is 0 Å². The van der Waals surface area contributed by atoms with Crippen LogP contribution < -0.4 is 10.2 Å². The molecule has 1 aromatic heterocycles. The van der Waals surface area contributed by atoms with Crippen LogP contribution in [0, 0.1) is 6.92 Å². The van der Waals surface area contributed by atoms with Gasteiger partial charge >= 0.3 is 5.97 Å². The summed E-state index contributed by atoms with van der Waals surface area (Å²) >= 11 is 7.16. The first kappa shape index (κ1) is 20.4. The Bertz CT molecular complexity index is 856. The van der Waals surface area contributed by atoms with Crippen LogP contribution >= 0.6 is 23.6 Å². The van der Waals surface area contributed by atoms with E-state index in [0.29, 0.717) is 10.7 Å². The first-order valence-corrected chi connectivity index (χ1v) is 10.5. The summed E-state index contributed by atoms with van der Waals surface area (Å²) in [5.41, 5.74) is 2.70. The molecule has 0 radical (unpaired) electrons. The zero-order valence-electron chi connectivity index (χ0n) is 16.3. The second-order valence-electron chi connectivity index (χ2n) is 6.61. The van der Waals surface area contributed by atoms with E-state index < -0.39 is 0 Å². The first-order chi connectivity index (χ1) is 13.4. The molecule has 0 saturated carbocycles. The molecule has 6 nitrogen and oxygen atoms in total. The Morgan fingerprint density at radius 1 is 1.25 bits per heavy atom. The van der Waals surface area contributed by atoms with E-state index in [4.69, 9.17) is 17.0 Å². The van der Waals surface area contributed by atoms with E-state index in [9.17, 15) is 9.90 Å². The fourth-order valence-electron chi connectivity index (χ4n) is 3.42. The Labute approximate surface area is 174 Å². The maximum Gasteiger partial charge on any atom is 0.341 e. The minimum absolute atomic E-state index is 0.270. The zero-order valence-corrected chi connectivity index (χ0v) is 18.0. The number of anilines is 2. The van der Waals surface area contributed by atoms with Gasteiger partial charge in [-0.2, -0.15) is 0 Å². The molecule has 0 unspecified atom stereocenters. The molecule has 3 rings (SSSR count). The number of hydrogen-bond donors (Lipinski definition) is 2. The Hall–Kier alpha value is -2.32. The van der Waals surface area contributed by atoms with Gasteiger partial charge in [-0.05, 0) is 55.4 Å². The standard InChI is InChI=1S/C20H25N3O3S2/c1-4-16-13(2)28-18(17(16)19(25)26-3)21-20(27)23-11-9-22(10-12-23)14-5-7-15(24)8-6-14/h5-8,24H,4,9-12H2,1-3H3,(H,21,27). The van der Waals surface area contributed by atoms with Crippen LogP contribution in [0.5, 0.6) is 5.75 Å². The number of piperazine rings is 1. The van der Waals surface area contributed by atoms with Crippen molar-refractivity contribution in [3.8, 4) is 5.75 Å². The van der Waals surface area contributed by atoms with E-state index in [1.54, 1.807) is 23.5 Å². The van der Waals surface area contributed by atoms with Crippen LogP contribution in [0.25, 0.3) is 0 Å². The van der Waals surface area contributed by atoms with Crippen molar-refractivity contribution in [1.29, 1.82) is 0 Å². The lowest BCUT2D eigenvalue weighted by Gasteiger charge is -2.37. The molecule has 0 spiro atoms. The van der Waals surface area contributed by atoms with Crippen LogP contribution in [0.4, 0.5) is 10.7 Å². The van der Waals surface area contributed by atoms with Crippen LogP contribution in [0.2, 0.25) is 0 Å². The van der Waals surface area contributed by atoms with Crippen molar-refractivity contribution in [1.82, 2.24) is 4.90 Å². The van der Waals surface area contributed by atoms with Crippen LogP contribution in [0.15, 0.2) is 24.3 Å². The largest absolute Gasteiger partial charge is 0.508 e. The third-order valence-electron chi connectivity index (χ3n) is 4.95. The van der Waals surface area contributed by atoms with E-state index in [1.807, 2.05) is 26.0 Å². The average molecular weight is 420 g/mol. The number of phenols is 1. The second kappa shape index (κ2) is 8.79. The summed E-state index contributed by atoms with van der Waals surface area (Å²) in [5.74, 6) is -0.0597. The summed E-state index contributed by atoms with van der Waals surface area (Å²) in [7, 11) is 1.40. The van der Waals surface area contributed by atoms with Crippen molar-refractivity contribution in [2.24, 2.45) is 0 Å². The van der Waals surface area contributed by atoms with Gasteiger partial charge in [-0.15, -0.1) is 11.3 Å². The summed E-state index contributed by atoms with van der Waals surface area (Å²) in [6.45, 7) is 7.28. The number of methoxy groups -OCH3 is 1. The number of esters is 1. The molecule has 2 N–H and O–H groups in total. The van der Waals surface area contributed by atoms with Gasteiger partial charge in [-0.25, -0.2) is 4.79 Å². The van der Waals surface area contributed by atoms with E-state index in [1.165, 1.54) is 7.11 Å². The Morgan fingerprint density at radius 3 is 2.46 bits per heavy atom. The Kier molecular flexibility index (Phi) is 6.41. The smallest absolute Gasteiger partial charge is 0.341 e. The number of aromatic hydroxyl groups is 1. The summed E-state index contributed by atoms with van der Waals surface area (Å²) in [4.78, 5) is 17.8. The molecule has 1 fully saturated rings. The van der Waals surface area contributed by atoms with Gasteiger partial charge in [-0.1, -0.05) is 6.92 Å². The molecule has 1 saturated heterocycles. The average Bonchev–Trinajstić information content (AvgIpc) is 3.02. The van der Waals surface area contributed by atoms with E-state index in [-0.39, 0.29) is 11.7 Å². The number of carbonyl (C=O) groups is 1. The van der Waals surface area contributed by atoms with Crippen molar-refractivity contribution < 1.29 is 14.6 Å². The highest BCUT2D eigenvalue weighted by Crippen LogP contribution is 2.34. The van der Waals surface area contributed by atoms with Crippen molar-refractivity contribution in [3.63, 3.8) is 0 Å². The molecule has 0 atom stereocenters. The number of aryl methyl sites for hydroxylation is 1. The minimum atomic E-state index is -0.330. The molecule has 8 heteroatoms. The number of hydrogen-bond acceptors (Lipinski definition) is 6. The highest BCUT2D eigenvalue weighted by atomic mass is 32.1. The third kappa shape index (κ3) is 4.23. The van der Waals surface area contributed by atoms with Gasteiger partial charge in [0, 0.05) is 36.7 Å². The lowest BCUT2D eigenvalue weighted by atomic mass is 10.1. The number of thiocarbonyl (C=S) groups is 1. The molecule has 0 aliphatic carbocycles. The van der Waals surface area contributed by atoms with Crippen LogP contribution in [0.1, 0.15) is 27.7 Å². The summed E-state index contributed by atoms with van der Waals surface area (Å²) in [6, 6.07) is 7.25. The minimum Gasteiger partial charge on any atom is -0.508 e. The molecule has 1 aliphatic heterocycles. The molecule has 0 bridgehead atoms. The molecule has 1 aliphatic rings.